The summed E-state index contributed by atoms with van der Waals surface area (Å²) in [4.78, 5) is 25.1. The maximum Gasteiger partial charge on any atom is 0.350 e. The summed E-state index contributed by atoms with van der Waals surface area (Å²) in [5.41, 5.74) is 11.4. The highest BCUT2D eigenvalue weighted by Gasteiger charge is 2.26. The molecule has 18 heavy (non-hydrogen) atoms. The van der Waals surface area contributed by atoms with Crippen LogP contribution in [0.4, 0.5) is 10.7 Å². The number of rotatable bonds is 5. The normalized spacial score (nSPS) is 10.2. The van der Waals surface area contributed by atoms with Gasteiger partial charge in [-0.1, -0.05) is 6.92 Å². The molecule has 7 heteroatoms. The number of amides is 1. The van der Waals surface area contributed by atoms with Gasteiger partial charge in [0.25, 0.3) is 5.91 Å². The van der Waals surface area contributed by atoms with Crippen molar-refractivity contribution in [3.8, 4) is 0 Å². The first kappa shape index (κ1) is 14.3. The molecule has 0 saturated carbocycles. The molecule has 0 aliphatic rings. The average Bonchev–Trinajstić information content (AvgIpc) is 2.66. The van der Waals surface area contributed by atoms with Crippen LogP contribution in [0.1, 0.15) is 33.4 Å². The van der Waals surface area contributed by atoms with Crippen LogP contribution in [-0.4, -0.2) is 32.6 Å². The molecule has 0 spiro atoms. The number of carbonyl (C=O) groups is 2. The Kier molecular flexibility index (Phi) is 4.55. The number of hydrogen-bond donors (Lipinski definition) is 2. The van der Waals surface area contributed by atoms with Crippen LogP contribution in [0.25, 0.3) is 0 Å². The highest BCUT2D eigenvalue weighted by Crippen LogP contribution is 2.37. The van der Waals surface area contributed by atoms with Crippen molar-refractivity contribution in [3.63, 3.8) is 0 Å². The summed E-state index contributed by atoms with van der Waals surface area (Å²) in [6.07, 6.45) is 0.903. The first-order chi connectivity index (χ1) is 8.43. The summed E-state index contributed by atoms with van der Waals surface area (Å²) < 4.78 is 4.63. The standard InChI is InChI=1S/C11H17N3O3S/c1-4-5-14(2)10-6(9(13)15)7(12)8(18-10)11(16)17-3/h4-5,12H2,1-3H3,(H2,13,15). The molecule has 0 radical (unpaired) electrons. The van der Waals surface area contributed by atoms with Crippen LogP contribution in [-0.2, 0) is 4.74 Å². The van der Waals surface area contributed by atoms with Crippen LogP contribution in [0.15, 0.2) is 0 Å². The lowest BCUT2D eigenvalue weighted by molar-refractivity contribution is 0.0607. The predicted octanol–water partition coefficient (Wildman–Crippen LogP) is 1.06. The Morgan fingerprint density at radius 2 is 2.06 bits per heavy atom. The van der Waals surface area contributed by atoms with Crippen molar-refractivity contribution in [1.82, 2.24) is 0 Å². The molecule has 4 N–H and O–H groups in total. The van der Waals surface area contributed by atoms with E-state index in [2.05, 4.69) is 4.74 Å². The van der Waals surface area contributed by atoms with Gasteiger partial charge in [-0.25, -0.2) is 4.79 Å². The van der Waals surface area contributed by atoms with Crippen LogP contribution in [0.3, 0.4) is 0 Å². The fraction of sp³-hybridized carbons (Fsp3) is 0.455. The molecule has 0 aliphatic carbocycles. The molecule has 0 saturated heterocycles. The van der Waals surface area contributed by atoms with Crippen molar-refractivity contribution < 1.29 is 14.3 Å². The minimum absolute atomic E-state index is 0.0947. The number of methoxy groups -OCH3 is 1. The van der Waals surface area contributed by atoms with Crippen molar-refractivity contribution in [3.05, 3.63) is 10.4 Å². The lowest BCUT2D eigenvalue weighted by Gasteiger charge is -2.17. The zero-order chi connectivity index (χ0) is 13.9. The van der Waals surface area contributed by atoms with Gasteiger partial charge in [0.1, 0.15) is 9.88 Å². The fourth-order valence-corrected chi connectivity index (χ4v) is 2.75. The van der Waals surface area contributed by atoms with Gasteiger partial charge in [-0.05, 0) is 6.42 Å². The lowest BCUT2D eigenvalue weighted by Crippen LogP contribution is -2.21. The minimum Gasteiger partial charge on any atom is -0.465 e. The van der Waals surface area contributed by atoms with Crippen molar-refractivity contribution in [1.29, 1.82) is 0 Å². The number of carbonyl (C=O) groups excluding carboxylic acids is 2. The Morgan fingerprint density at radius 1 is 1.44 bits per heavy atom. The molecule has 1 rings (SSSR count). The number of thiophene rings is 1. The van der Waals surface area contributed by atoms with E-state index in [1.807, 2.05) is 18.9 Å². The molecule has 0 unspecified atom stereocenters. The third kappa shape index (κ3) is 2.56. The van der Waals surface area contributed by atoms with Crippen LogP contribution >= 0.6 is 11.3 Å². The summed E-state index contributed by atoms with van der Waals surface area (Å²) in [5.74, 6) is -1.20. The molecular formula is C11H17N3O3S. The van der Waals surface area contributed by atoms with Crippen molar-refractivity contribution in [2.75, 3.05) is 31.3 Å². The summed E-state index contributed by atoms with van der Waals surface area (Å²) in [7, 11) is 3.09. The molecule has 1 heterocycles. The first-order valence-electron chi connectivity index (χ1n) is 5.45. The van der Waals surface area contributed by atoms with Crippen LogP contribution in [0.2, 0.25) is 0 Å². The van der Waals surface area contributed by atoms with E-state index in [9.17, 15) is 9.59 Å². The van der Waals surface area contributed by atoms with Gasteiger partial charge in [-0.15, -0.1) is 11.3 Å². The van der Waals surface area contributed by atoms with Gasteiger partial charge in [0, 0.05) is 13.6 Å². The molecule has 0 bridgehead atoms. The van der Waals surface area contributed by atoms with E-state index in [-0.39, 0.29) is 16.1 Å². The summed E-state index contributed by atoms with van der Waals surface area (Å²) in [5, 5.41) is 0.599. The Morgan fingerprint density at radius 3 is 2.50 bits per heavy atom. The molecule has 0 aliphatic heterocycles. The number of nitrogens with two attached hydrogens (primary N) is 2. The fourth-order valence-electron chi connectivity index (χ4n) is 1.62. The van der Waals surface area contributed by atoms with Gasteiger partial charge in [-0.3, -0.25) is 4.79 Å². The van der Waals surface area contributed by atoms with Gasteiger partial charge in [-0.2, -0.15) is 0 Å². The molecule has 0 aromatic carbocycles. The number of hydrogen-bond acceptors (Lipinski definition) is 6. The Hall–Kier alpha value is -1.76. The largest absolute Gasteiger partial charge is 0.465 e. The van der Waals surface area contributed by atoms with E-state index in [1.165, 1.54) is 7.11 Å². The molecule has 0 atom stereocenters. The SMILES string of the molecule is CCCN(C)c1sc(C(=O)OC)c(N)c1C(N)=O. The number of nitrogens with zero attached hydrogens (tertiary/aromatic N) is 1. The van der Waals surface area contributed by atoms with Gasteiger partial charge in [0.15, 0.2) is 0 Å². The summed E-state index contributed by atoms with van der Waals surface area (Å²) >= 11 is 1.12. The zero-order valence-electron chi connectivity index (χ0n) is 10.6. The van der Waals surface area contributed by atoms with Crippen LogP contribution in [0.5, 0.6) is 0 Å². The lowest BCUT2D eigenvalue weighted by atomic mass is 10.2. The molecule has 1 aromatic rings. The van der Waals surface area contributed by atoms with Crippen molar-refractivity contribution >= 4 is 33.9 Å². The third-order valence-corrected chi connectivity index (χ3v) is 3.75. The number of anilines is 2. The Bertz CT molecular complexity index is 470. The predicted molar refractivity (Wildman–Crippen MR) is 72.1 cm³/mol. The van der Waals surface area contributed by atoms with E-state index < -0.39 is 11.9 Å². The topological polar surface area (TPSA) is 98.7 Å². The van der Waals surface area contributed by atoms with Gasteiger partial charge in [0.05, 0.1) is 18.4 Å². The highest BCUT2D eigenvalue weighted by atomic mass is 32.1. The molecule has 0 fully saturated rings. The monoisotopic (exact) mass is 271 g/mol. The van der Waals surface area contributed by atoms with Crippen molar-refractivity contribution in [2.24, 2.45) is 5.73 Å². The Balaban J connectivity index is 3.32. The number of esters is 1. The zero-order valence-corrected chi connectivity index (χ0v) is 11.5. The summed E-state index contributed by atoms with van der Waals surface area (Å²) in [6.45, 7) is 2.75. The van der Waals surface area contributed by atoms with E-state index in [0.29, 0.717) is 5.00 Å². The molecule has 6 nitrogen and oxygen atoms in total. The quantitative estimate of drug-likeness (QED) is 0.780. The Labute approximate surface area is 110 Å². The van der Waals surface area contributed by atoms with E-state index >= 15 is 0 Å². The maximum absolute atomic E-state index is 11.5. The highest BCUT2D eigenvalue weighted by molar-refractivity contribution is 7.19. The average molecular weight is 271 g/mol. The summed E-state index contributed by atoms with van der Waals surface area (Å²) in [6, 6.07) is 0. The van der Waals surface area contributed by atoms with Gasteiger partial charge < -0.3 is 21.1 Å². The molecule has 100 valence electrons. The van der Waals surface area contributed by atoms with E-state index in [4.69, 9.17) is 11.5 Å². The second kappa shape index (κ2) is 5.72. The van der Waals surface area contributed by atoms with Gasteiger partial charge in [0.2, 0.25) is 0 Å². The third-order valence-electron chi connectivity index (χ3n) is 2.45. The number of nitrogen functional groups attached to an aromatic ring is 1. The number of ether oxygens (including phenoxy) is 1. The molecule has 1 aromatic heterocycles. The smallest absolute Gasteiger partial charge is 0.350 e. The van der Waals surface area contributed by atoms with Gasteiger partial charge >= 0.3 is 5.97 Å². The second-order valence-electron chi connectivity index (χ2n) is 3.80. The molecular weight excluding hydrogens is 254 g/mol. The van der Waals surface area contributed by atoms with E-state index in [1.54, 1.807) is 0 Å². The maximum atomic E-state index is 11.5. The molecule has 1 amide bonds. The van der Waals surface area contributed by atoms with Crippen LogP contribution < -0.4 is 16.4 Å². The van der Waals surface area contributed by atoms with Crippen molar-refractivity contribution in [2.45, 2.75) is 13.3 Å². The van der Waals surface area contributed by atoms with E-state index in [0.717, 1.165) is 24.3 Å². The van der Waals surface area contributed by atoms with Crippen LogP contribution in [0, 0.1) is 0 Å². The minimum atomic E-state index is -0.642. The first-order valence-corrected chi connectivity index (χ1v) is 6.27. The second-order valence-corrected chi connectivity index (χ2v) is 4.80. The number of primary amides is 1.